The number of ether oxygens (including phenoxy) is 2. The number of likely N-dealkylation sites (tertiary alicyclic amines) is 1. The largest absolute Gasteiger partial charge is 0.472 e. The number of halogens is 5. The van der Waals surface area contributed by atoms with Crippen LogP contribution in [-0.4, -0.2) is 69.2 Å². The van der Waals surface area contributed by atoms with E-state index < -0.39 is 24.5 Å². The van der Waals surface area contributed by atoms with Gasteiger partial charge in [-0.05, 0) is 50.1 Å². The molecule has 5 rings (SSSR count). The molecule has 0 bridgehead atoms. The van der Waals surface area contributed by atoms with Crippen LogP contribution < -0.4 is 15.4 Å². The zero-order valence-electron chi connectivity index (χ0n) is 26.0. The van der Waals surface area contributed by atoms with Crippen LogP contribution in [0.2, 0.25) is 5.02 Å². The second-order valence-electron chi connectivity index (χ2n) is 11.6. The van der Waals surface area contributed by atoms with E-state index in [9.17, 15) is 22.4 Å². The van der Waals surface area contributed by atoms with Crippen molar-refractivity contribution in [1.82, 2.24) is 24.2 Å². The van der Waals surface area contributed by atoms with Gasteiger partial charge in [0.25, 0.3) is 0 Å². The van der Waals surface area contributed by atoms with Gasteiger partial charge in [0.15, 0.2) is 0 Å². The highest BCUT2D eigenvalue weighted by molar-refractivity contribution is 6.30. The maximum Gasteiger partial charge on any atom is 0.406 e. The molecule has 2 aromatic carbocycles. The first-order valence-corrected chi connectivity index (χ1v) is 15.4. The molecule has 47 heavy (non-hydrogen) atoms. The Labute approximate surface area is 274 Å². The standard InChI is InChI=1S/C32H36ClF4N7O3/c1-21(16-41-10-7-25(8-11-41)44-12-9-30(40-44)47-18-23-3-5-24(33)14-27(23)34)43(17-26-15-39-20-42(26)19-32(35,36)37)29-13-22(31(45)46-2)4-6-28(29)38/h3-6,9,12-15,20-21,25H,7-8,10-11,16-19,38H2,1-2H3. The monoisotopic (exact) mass is 677 g/mol. The van der Waals surface area contributed by atoms with E-state index in [4.69, 9.17) is 26.8 Å². The second-order valence-corrected chi connectivity index (χ2v) is 12.0. The van der Waals surface area contributed by atoms with E-state index in [0.717, 1.165) is 36.8 Å². The molecule has 15 heteroatoms. The van der Waals surface area contributed by atoms with E-state index >= 15 is 0 Å². The van der Waals surface area contributed by atoms with Crippen molar-refractivity contribution in [3.8, 4) is 5.88 Å². The van der Waals surface area contributed by atoms with E-state index in [1.54, 1.807) is 36.4 Å². The number of carbonyl (C=O) groups excluding carboxylic acids is 1. The average Bonchev–Trinajstić information content (AvgIpc) is 3.68. The smallest absolute Gasteiger partial charge is 0.406 e. The summed E-state index contributed by atoms with van der Waals surface area (Å²) >= 11 is 5.83. The number of alkyl halides is 3. The van der Waals surface area contributed by atoms with Crippen LogP contribution in [0.4, 0.5) is 28.9 Å². The molecule has 10 nitrogen and oxygen atoms in total. The van der Waals surface area contributed by atoms with Gasteiger partial charge in [-0.2, -0.15) is 13.2 Å². The number of nitrogens with two attached hydrogens (primary N) is 1. The van der Waals surface area contributed by atoms with Crippen molar-refractivity contribution in [3.05, 3.63) is 88.8 Å². The molecule has 3 heterocycles. The number of piperidine rings is 1. The molecule has 0 radical (unpaired) electrons. The number of aromatic nitrogens is 4. The molecular weight excluding hydrogens is 642 g/mol. The fourth-order valence-corrected chi connectivity index (χ4v) is 5.89. The summed E-state index contributed by atoms with van der Waals surface area (Å²) in [7, 11) is 1.28. The quantitative estimate of drug-likeness (QED) is 0.109. The van der Waals surface area contributed by atoms with Gasteiger partial charge >= 0.3 is 12.1 Å². The van der Waals surface area contributed by atoms with Crippen molar-refractivity contribution in [1.29, 1.82) is 0 Å². The van der Waals surface area contributed by atoms with Crippen molar-refractivity contribution >= 4 is 28.9 Å². The zero-order chi connectivity index (χ0) is 33.7. The highest BCUT2D eigenvalue weighted by atomic mass is 35.5. The molecular formula is C32H36ClF4N7O3. The van der Waals surface area contributed by atoms with E-state index in [1.807, 2.05) is 22.7 Å². The van der Waals surface area contributed by atoms with Crippen molar-refractivity contribution in [2.75, 3.05) is 37.4 Å². The third-order valence-corrected chi connectivity index (χ3v) is 8.44. The Morgan fingerprint density at radius 3 is 2.64 bits per heavy atom. The first-order valence-electron chi connectivity index (χ1n) is 15.0. The Morgan fingerprint density at radius 2 is 1.94 bits per heavy atom. The Kier molecular flexibility index (Phi) is 10.6. The van der Waals surface area contributed by atoms with Gasteiger partial charge in [-0.3, -0.25) is 4.68 Å². The van der Waals surface area contributed by atoms with Crippen molar-refractivity contribution < 1.29 is 31.8 Å². The zero-order valence-corrected chi connectivity index (χ0v) is 26.7. The third-order valence-electron chi connectivity index (χ3n) is 8.20. The number of hydrogen-bond donors (Lipinski definition) is 1. The summed E-state index contributed by atoms with van der Waals surface area (Å²) < 4.78 is 67.5. The molecule has 252 valence electrons. The summed E-state index contributed by atoms with van der Waals surface area (Å²) in [5.41, 5.74) is 8.27. The molecule has 1 atom stereocenters. The average molecular weight is 678 g/mol. The summed E-state index contributed by atoms with van der Waals surface area (Å²) in [5.74, 6) is -0.599. The first-order chi connectivity index (χ1) is 22.4. The number of rotatable bonds is 12. The fraction of sp³-hybridized carbons (Fsp3) is 0.406. The molecule has 1 aliphatic rings. The molecule has 4 aromatic rings. The molecule has 1 unspecified atom stereocenters. The molecule has 2 aromatic heterocycles. The van der Waals surface area contributed by atoms with Crippen LogP contribution in [0.15, 0.2) is 61.2 Å². The van der Waals surface area contributed by atoms with E-state index in [0.29, 0.717) is 40.1 Å². The predicted molar refractivity (Wildman–Crippen MR) is 169 cm³/mol. The first kappa shape index (κ1) is 34.0. The molecule has 0 aliphatic carbocycles. The molecule has 1 fully saturated rings. The lowest BCUT2D eigenvalue weighted by Crippen LogP contribution is -2.45. The molecule has 1 saturated heterocycles. The van der Waals surface area contributed by atoms with Crippen LogP contribution in [0, 0.1) is 5.82 Å². The van der Waals surface area contributed by atoms with Gasteiger partial charge in [0.2, 0.25) is 5.88 Å². The Balaban J connectivity index is 1.25. The summed E-state index contributed by atoms with van der Waals surface area (Å²) in [6.07, 6.45) is 1.60. The summed E-state index contributed by atoms with van der Waals surface area (Å²) in [5, 5.41) is 4.86. The van der Waals surface area contributed by atoms with Crippen molar-refractivity contribution in [2.45, 2.75) is 57.7 Å². The fourth-order valence-electron chi connectivity index (χ4n) is 5.74. The van der Waals surface area contributed by atoms with Gasteiger partial charge in [0.1, 0.15) is 19.0 Å². The molecule has 2 N–H and O–H groups in total. The Morgan fingerprint density at radius 1 is 1.17 bits per heavy atom. The molecule has 0 saturated carbocycles. The molecule has 1 aliphatic heterocycles. The number of imidazole rings is 1. The predicted octanol–water partition coefficient (Wildman–Crippen LogP) is 6.11. The number of anilines is 2. The van der Waals surface area contributed by atoms with Gasteiger partial charge in [-0.25, -0.2) is 14.2 Å². The number of carbonyl (C=O) groups is 1. The minimum atomic E-state index is -4.42. The van der Waals surface area contributed by atoms with Crippen LogP contribution in [-0.2, 0) is 24.4 Å². The Bertz CT molecular complexity index is 1670. The van der Waals surface area contributed by atoms with Gasteiger partial charge in [-0.1, -0.05) is 17.7 Å². The topological polar surface area (TPSA) is 104 Å². The number of nitrogens with zero attached hydrogens (tertiary/aromatic N) is 6. The lowest BCUT2D eigenvalue weighted by Gasteiger charge is -2.38. The highest BCUT2D eigenvalue weighted by Crippen LogP contribution is 2.31. The second kappa shape index (κ2) is 14.6. The lowest BCUT2D eigenvalue weighted by atomic mass is 10.0. The van der Waals surface area contributed by atoms with Crippen LogP contribution in [0.5, 0.6) is 5.88 Å². The van der Waals surface area contributed by atoms with Crippen LogP contribution in [0.1, 0.15) is 47.4 Å². The minimum absolute atomic E-state index is 0.0247. The number of hydrogen-bond acceptors (Lipinski definition) is 8. The van der Waals surface area contributed by atoms with Crippen molar-refractivity contribution in [3.63, 3.8) is 0 Å². The maximum absolute atomic E-state index is 14.1. The van der Waals surface area contributed by atoms with Crippen LogP contribution in [0.3, 0.4) is 0 Å². The number of nitrogen functional groups attached to an aromatic ring is 1. The van der Waals surface area contributed by atoms with Gasteiger partial charge in [-0.15, -0.1) is 5.10 Å². The van der Waals surface area contributed by atoms with Gasteiger partial charge < -0.3 is 29.6 Å². The summed E-state index contributed by atoms with van der Waals surface area (Å²) in [6, 6.07) is 10.8. The summed E-state index contributed by atoms with van der Waals surface area (Å²) in [4.78, 5) is 20.5. The number of esters is 1. The van der Waals surface area contributed by atoms with E-state index in [1.165, 1.54) is 19.4 Å². The number of benzene rings is 2. The van der Waals surface area contributed by atoms with E-state index in [-0.39, 0.29) is 30.8 Å². The lowest BCUT2D eigenvalue weighted by molar-refractivity contribution is -0.141. The normalized spacial score (nSPS) is 15.0. The van der Waals surface area contributed by atoms with Crippen molar-refractivity contribution in [2.24, 2.45) is 0 Å². The molecule has 0 amide bonds. The van der Waals surface area contributed by atoms with Crippen LogP contribution in [0.25, 0.3) is 0 Å². The van der Waals surface area contributed by atoms with Crippen LogP contribution >= 0.6 is 11.6 Å². The molecule has 0 spiro atoms. The van der Waals surface area contributed by atoms with Gasteiger partial charge in [0, 0.05) is 54.7 Å². The Hall–Kier alpha value is -4.30. The van der Waals surface area contributed by atoms with E-state index in [2.05, 4.69) is 15.0 Å². The van der Waals surface area contributed by atoms with Gasteiger partial charge in [0.05, 0.1) is 48.7 Å². The maximum atomic E-state index is 14.1. The third kappa shape index (κ3) is 8.74. The minimum Gasteiger partial charge on any atom is -0.472 e. The summed E-state index contributed by atoms with van der Waals surface area (Å²) in [6.45, 7) is 2.99. The SMILES string of the molecule is COC(=O)c1ccc(N)c(N(Cc2cncn2CC(F)(F)F)C(C)CN2CCC(n3ccc(OCc4ccc(Cl)cc4F)n3)CC2)c1. The number of methoxy groups -OCH3 is 1. The highest BCUT2D eigenvalue weighted by Gasteiger charge is 2.30.